The highest BCUT2D eigenvalue weighted by atomic mass is 16.4. The van der Waals surface area contributed by atoms with Gasteiger partial charge in [0, 0.05) is 11.1 Å². The van der Waals surface area contributed by atoms with Crippen molar-refractivity contribution in [3.05, 3.63) is 24.3 Å². The molecule has 0 atom stereocenters. The SMILES string of the molecule is C=C(CCCCC(=C)C(=O)O)C(=O)O. The Kier molecular flexibility index (Phi) is 5.29. The van der Waals surface area contributed by atoms with Gasteiger partial charge in [-0.25, -0.2) is 9.59 Å². The fourth-order valence-corrected chi connectivity index (χ4v) is 0.891. The number of carboxylic acid groups (broad SMARTS) is 2. The van der Waals surface area contributed by atoms with Crippen LogP contribution in [-0.2, 0) is 9.59 Å². The highest BCUT2D eigenvalue weighted by molar-refractivity contribution is 5.86. The molecule has 0 bridgehead atoms. The molecule has 0 heterocycles. The van der Waals surface area contributed by atoms with E-state index in [9.17, 15) is 9.59 Å². The predicted molar refractivity (Wildman–Crippen MR) is 52.0 cm³/mol. The van der Waals surface area contributed by atoms with Crippen molar-refractivity contribution in [3.8, 4) is 0 Å². The summed E-state index contributed by atoms with van der Waals surface area (Å²) in [6.07, 6.45) is 2.03. The van der Waals surface area contributed by atoms with Crippen molar-refractivity contribution in [2.75, 3.05) is 0 Å². The van der Waals surface area contributed by atoms with E-state index in [0.717, 1.165) is 0 Å². The first kappa shape index (κ1) is 12.4. The Labute approximate surface area is 82.6 Å². The second-order valence-corrected chi connectivity index (χ2v) is 3.02. The van der Waals surface area contributed by atoms with Gasteiger partial charge in [0.1, 0.15) is 0 Å². The predicted octanol–water partition coefficient (Wildman–Crippen LogP) is 1.83. The van der Waals surface area contributed by atoms with E-state index in [4.69, 9.17) is 10.2 Å². The summed E-state index contributed by atoms with van der Waals surface area (Å²) in [4.78, 5) is 20.6. The van der Waals surface area contributed by atoms with E-state index < -0.39 is 11.9 Å². The Bertz CT molecular complexity index is 237. The Morgan fingerprint density at radius 3 is 1.36 bits per heavy atom. The molecule has 4 nitrogen and oxygen atoms in total. The van der Waals surface area contributed by atoms with Gasteiger partial charge in [-0.2, -0.15) is 0 Å². The van der Waals surface area contributed by atoms with Crippen LogP contribution >= 0.6 is 0 Å². The summed E-state index contributed by atoms with van der Waals surface area (Å²) in [7, 11) is 0. The van der Waals surface area contributed by atoms with E-state index in [1.165, 1.54) is 0 Å². The average molecular weight is 198 g/mol. The maximum absolute atomic E-state index is 10.3. The van der Waals surface area contributed by atoms with Gasteiger partial charge in [-0.3, -0.25) is 0 Å². The van der Waals surface area contributed by atoms with E-state index >= 15 is 0 Å². The standard InChI is InChI=1S/C10H14O4/c1-7(9(11)12)5-3-4-6-8(2)10(13)14/h1-6H2,(H,11,12)(H,13,14). The van der Waals surface area contributed by atoms with Gasteiger partial charge < -0.3 is 10.2 Å². The normalized spacial score (nSPS) is 9.43. The average Bonchev–Trinajstić information content (AvgIpc) is 2.11. The van der Waals surface area contributed by atoms with Crippen LogP contribution in [-0.4, -0.2) is 22.2 Å². The molecule has 4 heteroatoms. The molecule has 0 aromatic heterocycles. The number of carboxylic acids is 2. The number of carbonyl (C=O) groups is 2. The lowest BCUT2D eigenvalue weighted by Gasteiger charge is -2.01. The number of hydrogen-bond acceptors (Lipinski definition) is 2. The van der Waals surface area contributed by atoms with Crippen LogP contribution in [0.5, 0.6) is 0 Å². The molecule has 0 unspecified atom stereocenters. The molecule has 0 aromatic carbocycles. The summed E-state index contributed by atoms with van der Waals surface area (Å²) in [5, 5.41) is 16.9. The second kappa shape index (κ2) is 5.96. The quantitative estimate of drug-likeness (QED) is 0.483. The molecular formula is C10H14O4. The monoisotopic (exact) mass is 198 g/mol. The highest BCUT2D eigenvalue weighted by Gasteiger charge is 2.05. The van der Waals surface area contributed by atoms with E-state index in [-0.39, 0.29) is 11.1 Å². The van der Waals surface area contributed by atoms with Crippen LogP contribution in [0, 0.1) is 0 Å². The maximum Gasteiger partial charge on any atom is 0.330 e. The second-order valence-electron chi connectivity index (χ2n) is 3.02. The first-order chi connectivity index (χ1) is 6.45. The third-order valence-corrected chi connectivity index (χ3v) is 1.81. The van der Waals surface area contributed by atoms with Gasteiger partial charge in [-0.15, -0.1) is 0 Å². The molecule has 0 amide bonds. The summed E-state index contributed by atoms with van der Waals surface area (Å²) in [6.45, 7) is 6.74. The number of rotatable bonds is 7. The number of hydrogen-bond donors (Lipinski definition) is 2. The first-order valence-electron chi connectivity index (χ1n) is 4.27. The van der Waals surface area contributed by atoms with Crippen LogP contribution in [0.2, 0.25) is 0 Å². The van der Waals surface area contributed by atoms with Crippen molar-refractivity contribution >= 4 is 11.9 Å². The number of aliphatic carboxylic acids is 2. The van der Waals surface area contributed by atoms with Crippen LogP contribution in [0.3, 0.4) is 0 Å². The Morgan fingerprint density at radius 1 is 0.857 bits per heavy atom. The van der Waals surface area contributed by atoms with Crippen molar-refractivity contribution in [2.24, 2.45) is 0 Å². The lowest BCUT2D eigenvalue weighted by Crippen LogP contribution is -2.00. The zero-order chi connectivity index (χ0) is 11.1. The fraction of sp³-hybridized carbons (Fsp3) is 0.400. The minimum Gasteiger partial charge on any atom is -0.478 e. The summed E-state index contributed by atoms with van der Waals surface area (Å²) >= 11 is 0. The minimum absolute atomic E-state index is 0.158. The molecule has 0 rings (SSSR count). The minimum atomic E-state index is -0.998. The van der Waals surface area contributed by atoms with Gasteiger partial charge in [-0.05, 0) is 25.7 Å². The molecule has 0 saturated heterocycles. The maximum atomic E-state index is 10.3. The molecule has 0 aliphatic heterocycles. The van der Waals surface area contributed by atoms with Crippen LogP contribution in [0.25, 0.3) is 0 Å². The van der Waals surface area contributed by atoms with E-state index in [2.05, 4.69) is 13.2 Å². The van der Waals surface area contributed by atoms with Gasteiger partial charge in [0.05, 0.1) is 0 Å². The lowest BCUT2D eigenvalue weighted by molar-refractivity contribution is -0.133. The Morgan fingerprint density at radius 2 is 1.14 bits per heavy atom. The molecule has 0 spiro atoms. The van der Waals surface area contributed by atoms with Gasteiger partial charge in [-0.1, -0.05) is 13.2 Å². The van der Waals surface area contributed by atoms with Crippen molar-refractivity contribution in [3.63, 3.8) is 0 Å². The molecule has 0 aliphatic rings. The Hall–Kier alpha value is -1.58. The zero-order valence-corrected chi connectivity index (χ0v) is 7.95. The molecular weight excluding hydrogens is 184 g/mol. The smallest absolute Gasteiger partial charge is 0.330 e. The summed E-state index contributed by atoms with van der Waals surface area (Å²) in [5.41, 5.74) is 0.317. The summed E-state index contributed by atoms with van der Waals surface area (Å²) in [5.74, 6) is -2.00. The summed E-state index contributed by atoms with van der Waals surface area (Å²) in [6, 6.07) is 0. The van der Waals surface area contributed by atoms with Crippen molar-refractivity contribution in [1.29, 1.82) is 0 Å². The van der Waals surface area contributed by atoms with Crippen molar-refractivity contribution in [1.82, 2.24) is 0 Å². The highest BCUT2D eigenvalue weighted by Crippen LogP contribution is 2.10. The molecule has 78 valence electrons. The van der Waals surface area contributed by atoms with Gasteiger partial charge >= 0.3 is 11.9 Å². The third-order valence-electron chi connectivity index (χ3n) is 1.81. The third kappa shape index (κ3) is 5.13. The largest absolute Gasteiger partial charge is 0.478 e. The molecule has 0 aliphatic carbocycles. The summed E-state index contributed by atoms with van der Waals surface area (Å²) < 4.78 is 0. The van der Waals surface area contributed by atoms with Crippen LogP contribution < -0.4 is 0 Å². The van der Waals surface area contributed by atoms with Gasteiger partial charge in [0.15, 0.2) is 0 Å². The van der Waals surface area contributed by atoms with Crippen molar-refractivity contribution < 1.29 is 19.8 Å². The topological polar surface area (TPSA) is 74.6 Å². The molecule has 14 heavy (non-hydrogen) atoms. The van der Waals surface area contributed by atoms with Crippen molar-refractivity contribution in [2.45, 2.75) is 25.7 Å². The molecule has 2 N–H and O–H groups in total. The first-order valence-corrected chi connectivity index (χ1v) is 4.27. The number of unbranched alkanes of at least 4 members (excludes halogenated alkanes) is 1. The van der Waals surface area contributed by atoms with Crippen LogP contribution in [0.1, 0.15) is 25.7 Å². The van der Waals surface area contributed by atoms with E-state index in [1.54, 1.807) is 0 Å². The zero-order valence-electron chi connectivity index (χ0n) is 7.95. The van der Waals surface area contributed by atoms with Gasteiger partial charge in [0.25, 0.3) is 0 Å². The lowest BCUT2D eigenvalue weighted by atomic mass is 10.1. The van der Waals surface area contributed by atoms with E-state index in [1.807, 2.05) is 0 Å². The molecule has 0 saturated carbocycles. The molecule has 0 aromatic rings. The van der Waals surface area contributed by atoms with Crippen LogP contribution in [0.15, 0.2) is 24.3 Å². The van der Waals surface area contributed by atoms with E-state index in [0.29, 0.717) is 25.7 Å². The molecule has 0 fully saturated rings. The molecule has 0 radical (unpaired) electrons. The fourth-order valence-electron chi connectivity index (χ4n) is 0.891. The van der Waals surface area contributed by atoms with Crippen LogP contribution in [0.4, 0.5) is 0 Å². The Balaban J connectivity index is 3.57. The van der Waals surface area contributed by atoms with Gasteiger partial charge in [0.2, 0.25) is 0 Å².